The highest BCUT2D eigenvalue weighted by Gasteiger charge is 2.28. The first-order valence-electron chi connectivity index (χ1n) is 13.7. The van der Waals surface area contributed by atoms with E-state index >= 15 is 0 Å². The molecule has 220 valence electrons. The third-order valence-corrected chi connectivity index (χ3v) is 8.93. The van der Waals surface area contributed by atoms with Crippen molar-refractivity contribution in [3.63, 3.8) is 0 Å². The number of hydrogen-bond acceptors (Lipinski definition) is 10. The summed E-state index contributed by atoms with van der Waals surface area (Å²) < 4.78 is 36.6. The molecule has 2 aliphatic rings. The molecule has 2 aromatic carbocycles. The highest BCUT2D eigenvalue weighted by Crippen LogP contribution is 2.45. The van der Waals surface area contributed by atoms with Crippen molar-refractivity contribution in [1.82, 2.24) is 20.2 Å². The summed E-state index contributed by atoms with van der Waals surface area (Å²) in [6.45, 7) is 5.04. The van der Waals surface area contributed by atoms with E-state index in [1.807, 2.05) is 36.4 Å². The van der Waals surface area contributed by atoms with Gasteiger partial charge < -0.3 is 24.8 Å². The number of nitrogens with one attached hydrogen (secondary N) is 2. The highest BCUT2D eigenvalue weighted by molar-refractivity contribution is 8.24. The molecule has 12 heteroatoms. The Labute approximate surface area is 241 Å². The average Bonchev–Trinajstić information content (AvgIpc) is 3.32. The summed E-state index contributed by atoms with van der Waals surface area (Å²) in [6.07, 6.45) is 6.18. The number of morpholine rings is 1. The lowest BCUT2D eigenvalue weighted by Crippen LogP contribution is -2.37. The van der Waals surface area contributed by atoms with Crippen LogP contribution in [0.3, 0.4) is 0 Å². The van der Waals surface area contributed by atoms with E-state index in [0.29, 0.717) is 36.1 Å². The van der Waals surface area contributed by atoms with Gasteiger partial charge in [0.25, 0.3) is 0 Å². The lowest BCUT2D eigenvalue weighted by molar-refractivity contribution is -0.116. The van der Waals surface area contributed by atoms with Crippen molar-refractivity contribution < 1.29 is 28.1 Å². The summed E-state index contributed by atoms with van der Waals surface area (Å²) in [7, 11) is -0.923. The van der Waals surface area contributed by atoms with Gasteiger partial charge in [0.2, 0.25) is 5.91 Å². The molecule has 1 aromatic heterocycles. The van der Waals surface area contributed by atoms with E-state index < -0.39 is 10.6 Å². The minimum atomic E-state index is -2.54. The van der Waals surface area contributed by atoms with E-state index in [9.17, 15) is 13.9 Å². The van der Waals surface area contributed by atoms with E-state index in [4.69, 9.17) is 14.2 Å². The van der Waals surface area contributed by atoms with Gasteiger partial charge in [-0.3, -0.25) is 18.8 Å². The molecule has 2 fully saturated rings. The molecule has 3 heterocycles. The number of hydrogen-bond donors (Lipinski definition) is 4. The molecule has 1 amide bonds. The molecule has 4 N–H and O–H groups in total. The number of benzene rings is 2. The molecule has 11 nitrogen and oxygen atoms in total. The monoisotopic (exact) mass is 583 g/mol. The zero-order chi connectivity index (χ0) is 28.7. The average molecular weight is 584 g/mol. The van der Waals surface area contributed by atoms with Crippen LogP contribution in [0.1, 0.15) is 18.4 Å². The molecule has 0 spiro atoms. The number of nitrogens with zero attached hydrogens (tertiary/aromatic N) is 3. The maximum Gasteiger partial charge on any atom is 0.244 e. The standard InChI is InChI=1S/C29H37N5O6S/c1-38-26-17-24-25(18-27(26)40-13-2-10-34-11-14-39-15-12-34)30-20-31-29(24)33-22-6-3-21(4-7-22)5-8-28(35)32-23-9-16-41(36,37)19-23/h3-8,17-18,20,23,36-37H,2,9-16,19H2,1H3,(H,32,35)(H,30,31,33). The van der Waals surface area contributed by atoms with Gasteiger partial charge in [-0.15, -0.1) is 0 Å². The summed E-state index contributed by atoms with van der Waals surface area (Å²) in [4.78, 5) is 23.5. The SMILES string of the molecule is COc1cc2c(Nc3ccc(C=CC(=O)NC4CCS(O)(O)C4)cc3)ncnc2cc1OCCCN1CCOCC1. The largest absolute Gasteiger partial charge is 0.493 e. The number of methoxy groups -OCH3 is 1. The van der Waals surface area contributed by atoms with Crippen LogP contribution < -0.4 is 20.1 Å². The summed E-state index contributed by atoms with van der Waals surface area (Å²) in [6, 6.07) is 11.2. The molecule has 0 radical (unpaired) electrons. The van der Waals surface area contributed by atoms with Crippen molar-refractivity contribution in [3.8, 4) is 11.5 Å². The Morgan fingerprint density at radius 1 is 1.17 bits per heavy atom. The Hall–Kier alpha value is -3.42. The normalized spacial score (nSPS) is 19.7. The molecule has 1 atom stereocenters. The lowest BCUT2D eigenvalue weighted by atomic mass is 10.1. The summed E-state index contributed by atoms with van der Waals surface area (Å²) in [5, 5.41) is 6.97. The Kier molecular flexibility index (Phi) is 9.57. The van der Waals surface area contributed by atoms with Crippen molar-refractivity contribution in [2.45, 2.75) is 18.9 Å². The minimum Gasteiger partial charge on any atom is -0.493 e. The van der Waals surface area contributed by atoms with Crippen molar-refractivity contribution >= 4 is 45.0 Å². The molecule has 2 aliphatic heterocycles. The second-order valence-electron chi connectivity index (χ2n) is 10.1. The quantitative estimate of drug-likeness (QED) is 0.192. The Bertz CT molecular complexity index is 1360. The van der Waals surface area contributed by atoms with Crippen LogP contribution in [0, 0.1) is 0 Å². The van der Waals surface area contributed by atoms with Crippen LogP contribution in [0.4, 0.5) is 11.5 Å². The van der Waals surface area contributed by atoms with Crippen molar-refractivity contribution in [3.05, 3.63) is 54.4 Å². The van der Waals surface area contributed by atoms with Gasteiger partial charge in [0.15, 0.2) is 11.5 Å². The summed E-state index contributed by atoms with van der Waals surface area (Å²) >= 11 is 0. The van der Waals surface area contributed by atoms with E-state index in [2.05, 4.69) is 25.5 Å². The van der Waals surface area contributed by atoms with Gasteiger partial charge in [-0.2, -0.15) is 10.6 Å². The van der Waals surface area contributed by atoms with Crippen LogP contribution in [0.25, 0.3) is 17.0 Å². The first-order chi connectivity index (χ1) is 19.9. The number of fused-ring (bicyclic) bond motifs is 1. The van der Waals surface area contributed by atoms with Crippen LogP contribution in [0.5, 0.6) is 11.5 Å². The molecule has 1 unspecified atom stereocenters. The van der Waals surface area contributed by atoms with Crippen LogP contribution in [0.2, 0.25) is 0 Å². The van der Waals surface area contributed by atoms with Gasteiger partial charge in [-0.05, 0) is 42.7 Å². The number of carbonyl (C=O) groups excluding carboxylic acids is 1. The van der Waals surface area contributed by atoms with E-state index in [1.165, 1.54) is 12.4 Å². The lowest BCUT2D eigenvalue weighted by Gasteiger charge is -2.26. The van der Waals surface area contributed by atoms with Gasteiger partial charge in [0.05, 0.1) is 38.2 Å². The number of rotatable bonds is 11. The smallest absolute Gasteiger partial charge is 0.244 e. The number of carbonyl (C=O) groups is 1. The number of ether oxygens (including phenoxy) is 3. The maximum absolute atomic E-state index is 12.2. The Balaban J connectivity index is 1.19. The van der Waals surface area contributed by atoms with Gasteiger partial charge in [0, 0.05) is 54.6 Å². The fraction of sp³-hybridized carbons (Fsp3) is 0.414. The van der Waals surface area contributed by atoms with Gasteiger partial charge in [-0.1, -0.05) is 12.1 Å². The predicted molar refractivity (Wildman–Crippen MR) is 161 cm³/mol. The number of amides is 1. The van der Waals surface area contributed by atoms with Crippen molar-refractivity contribution in [2.24, 2.45) is 0 Å². The third kappa shape index (κ3) is 8.08. The number of aromatic nitrogens is 2. The molecule has 2 saturated heterocycles. The van der Waals surface area contributed by atoms with E-state index in [-0.39, 0.29) is 17.7 Å². The fourth-order valence-corrected chi connectivity index (χ4v) is 6.62. The maximum atomic E-state index is 12.2. The second kappa shape index (κ2) is 13.5. The molecule has 5 rings (SSSR count). The highest BCUT2D eigenvalue weighted by atomic mass is 32.3. The Morgan fingerprint density at radius 2 is 1.98 bits per heavy atom. The van der Waals surface area contributed by atoms with Crippen LogP contribution >= 0.6 is 10.6 Å². The van der Waals surface area contributed by atoms with Crippen LogP contribution in [0.15, 0.2) is 48.8 Å². The molecule has 0 aliphatic carbocycles. The zero-order valence-electron chi connectivity index (χ0n) is 23.1. The third-order valence-electron chi connectivity index (χ3n) is 7.11. The minimum absolute atomic E-state index is 0.201. The van der Waals surface area contributed by atoms with Crippen molar-refractivity contribution in [1.29, 1.82) is 0 Å². The van der Waals surface area contributed by atoms with E-state index in [0.717, 1.165) is 61.4 Å². The van der Waals surface area contributed by atoms with Crippen molar-refractivity contribution in [2.75, 3.05) is 63.4 Å². The van der Waals surface area contributed by atoms with Crippen LogP contribution in [-0.4, -0.2) is 94.0 Å². The van der Waals surface area contributed by atoms with Gasteiger partial charge >= 0.3 is 0 Å². The first-order valence-corrected chi connectivity index (χ1v) is 15.6. The molecular formula is C29H37N5O6S. The molecule has 0 bridgehead atoms. The molecule has 41 heavy (non-hydrogen) atoms. The Morgan fingerprint density at radius 3 is 2.71 bits per heavy atom. The molecule has 0 saturated carbocycles. The predicted octanol–water partition coefficient (Wildman–Crippen LogP) is 4.14. The summed E-state index contributed by atoms with van der Waals surface area (Å²) in [5.41, 5.74) is 2.41. The first kappa shape index (κ1) is 29.1. The molecular weight excluding hydrogens is 546 g/mol. The second-order valence-corrected chi connectivity index (χ2v) is 12.5. The summed E-state index contributed by atoms with van der Waals surface area (Å²) in [5.74, 6) is 2.21. The number of anilines is 2. The topological polar surface area (TPSA) is 138 Å². The van der Waals surface area contributed by atoms with Gasteiger partial charge in [0.1, 0.15) is 12.1 Å². The fourth-order valence-electron chi connectivity index (χ4n) is 4.90. The van der Waals surface area contributed by atoms with Gasteiger partial charge in [-0.25, -0.2) is 9.97 Å². The molecule has 3 aromatic rings. The van der Waals surface area contributed by atoms with E-state index in [1.54, 1.807) is 13.2 Å². The zero-order valence-corrected chi connectivity index (χ0v) is 23.9. The van der Waals surface area contributed by atoms with Crippen LogP contribution in [-0.2, 0) is 9.53 Å².